The first-order valence-electron chi connectivity index (χ1n) is 8.56. The van der Waals surface area contributed by atoms with Gasteiger partial charge in [-0.25, -0.2) is 4.79 Å². The minimum atomic E-state index is -1.15. The van der Waals surface area contributed by atoms with Crippen LogP contribution < -0.4 is 5.32 Å². The number of carbonyl (C=O) groups is 1. The lowest BCUT2D eigenvalue weighted by Crippen LogP contribution is -2.46. The van der Waals surface area contributed by atoms with Crippen LogP contribution in [-0.4, -0.2) is 65.3 Å². The van der Waals surface area contributed by atoms with Crippen LogP contribution in [0.3, 0.4) is 0 Å². The Bertz CT molecular complexity index is 566. The fourth-order valence-electron chi connectivity index (χ4n) is 2.86. The van der Waals surface area contributed by atoms with Gasteiger partial charge in [0.1, 0.15) is 18.8 Å². The molecule has 0 bridgehead atoms. The predicted octanol–water partition coefficient (Wildman–Crippen LogP) is 0.395. The van der Waals surface area contributed by atoms with E-state index < -0.39 is 42.7 Å². The van der Waals surface area contributed by atoms with Crippen molar-refractivity contribution in [1.82, 2.24) is 5.32 Å². The molecule has 0 aromatic heterocycles. The van der Waals surface area contributed by atoms with Gasteiger partial charge >= 0.3 is 6.09 Å². The van der Waals surface area contributed by atoms with Gasteiger partial charge in [0.05, 0.1) is 19.3 Å². The molecule has 8 heteroatoms. The quantitative estimate of drug-likeness (QED) is 0.524. The van der Waals surface area contributed by atoms with Crippen LogP contribution in [0.1, 0.15) is 19.4 Å². The summed E-state index contributed by atoms with van der Waals surface area (Å²) in [7, 11) is 0. The summed E-state index contributed by atoms with van der Waals surface area (Å²) >= 11 is 0. The second-order valence-electron chi connectivity index (χ2n) is 6.70. The zero-order valence-corrected chi connectivity index (χ0v) is 15.0. The van der Waals surface area contributed by atoms with Gasteiger partial charge in [-0.2, -0.15) is 0 Å². The van der Waals surface area contributed by atoms with Crippen molar-refractivity contribution < 1.29 is 34.3 Å². The molecular weight excluding hydrogens is 342 g/mol. The third-order valence-electron chi connectivity index (χ3n) is 4.15. The lowest BCUT2D eigenvalue weighted by atomic mass is 9.95. The number of hydrogen-bond donors (Lipinski definition) is 4. The molecule has 0 saturated carbocycles. The highest BCUT2D eigenvalue weighted by molar-refractivity contribution is 5.67. The lowest BCUT2D eigenvalue weighted by Gasteiger charge is -2.27. The van der Waals surface area contributed by atoms with Crippen LogP contribution in [0, 0.1) is 5.92 Å². The molecule has 1 amide bonds. The third-order valence-corrected chi connectivity index (χ3v) is 4.15. The maximum absolute atomic E-state index is 11.9. The van der Waals surface area contributed by atoms with E-state index in [1.165, 1.54) is 0 Å². The number of aliphatic hydroxyl groups is 3. The van der Waals surface area contributed by atoms with E-state index in [9.17, 15) is 20.1 Å². The molecule has 0 spiro atoms. The van der Waals surface area contributed by atoms with Gasteiger partial charge in [0.15, 0.2) is 5.79 Å². The zero-order valence-electron chi connectivity index (χ0n) is 15.0. The molecule has 1 fully saturated rings. The average molecular weight is 369 g/mol. The number of amides is 1. The van der Waals surface area contributed by atoms with Crippen molar-refractivity contribution in [2.75, 3.05) is 19.8 Å². The zero-order chi connectivity index (χ0) is 19.2. The van der Waals surface area contributed by atoms with Crippen molar-refractivity contribution in [2.24, 2.45) is 5.92 Å². The summed E-state index contributed by atoms with van der Waals surface area (Å²) in [4.78, 5) is 11.9. The van der Waals surface area contributed by atoms with Gasteiger partial charge in [0.25, 0.3) is 0 Å². The van der Waals surface area contributed by atoms with E-state index in [1.807, 2.05) is 30.3 Å². The van der Waals surface area contributed by atoms with Crippen molar-refractivity contribution in [3.63, 3.8) is 0 Å². The molecule has 146 valence electrons. The van der Waals surface area contributed by atoms with Gasteiger partial charge < -0.3 is 34.8 Å². The Balaban J connectivity index is 1.88. The first kappa shape index (κ1) is 20.6. The van der Waals surface area contributed by atoms with Crippen LogP contribution in [0.2, 0.25) is 0 Å². The first-order valence-corrected chi connectivity index (χ1v) is 8.56. The normalized spacial score (nSPS) is 24.0. The number of benzene rings is 1. The SMILES string of the molecule is CC1(C)O[C@H]([C@H](O)CO)[C@@H](C(CO)CNC(=O)OCc2ccccc2)O1. The van der Waals surface area contributed by atoms with Crippen LogP contribution in [0.5, 0.6) is 0 Å². The topological polar surface area (TPSA) is 117 Å². The predicted molar refractivity (Wildman–Crippen MR) is 92.1 cm³/mol. The number of alkyl carbamates (subject to hydrolysis) is 1. The Morgan fingerprint density at radius 1 is 1.19 bits per heavy atom. The Morgan fingerprint density at radius 2 is 1.85 bits per heavy atom. The highest BCUT2D eigenvalue weighted by atomic mass is 16.8. The van der Waals surface area contributed by atoms with Crippen LogP contribution in [0.25, 0.3) is 0 Å². The van der Waals surface area contributed by atoms with E-state index >= 15 is 0 Å². The van der Waals surface area contributed by atoms with Crippen LogP contribution in [0.4, 0.5) is 4.79 Å². The highest BCUT2D eigenvalue weighted by Crippen LogP contribution is 2.33. The van der Waals surface area contributed by atoms with Gasteiger partial charge in [0, 0.05) is 12.5 Å². The van der Waals surface area contributed by atoms with Crippen LogP contribution in [0.15, 0.2) is 30.3 Å². The Morgan fingerprint density at radius 3 is 2.46 bits per heavy atom. The second-order valence-corrected chi connectivity index (χ2v) is 6.70. The molecule has 2 rings (SSSR count). The number of hydrogen-bond acceptors (Lipinski definition) is 7. The average Bonchev–Trinajstić information content (AvgIpc) is 2.96. The van der Waals surface area contributed by atoms with Crippen molar-refractivity contribution in [1.29, 1.82) is 0 Å². The number of aliphatic hydroxyl groups excluding tert-OH is 3. The first-order chi connectivity index (χ1) is 12.4. The molecule has 1 aliphatic heterocycles. The maximum Gasteiger partial charge on any atom is 0.407 e. The minimum Gasteiger partial charge on any atom is -0.445 e. The maximum atomic E-state index is 11.9. The standard InChI is InChI=1S/C18H27NO7/c1-18(2)25-15(16(26-18)14(22)10-21)13(9-20)8-19-17(23)24-11-12-6-4-3-5-7-12/h3-7,13-16,20-22H,8-11H2,1-2H3,(H,19,23)/t13?,14-,15-,16-/m1/s1. The summed E-state index contributed by atoms with van der Waals surface area (Å²) in [5.74, 6) is -1.50. The monoisotopic (exact) mass is 369 g/mol. The fraction of sp³-hybridized carbons (Fsp3) is 0.611. The van der Waals surface area contributed by atoms with E-state index in [1.54, 1.807) is 13.8 Å². The van der Waals surface area contributed by atoms with E-state index in [-0.39, 0.29) is 19.8 Å². The van der Waals surface area contributed by atoms with E-state index in [0.717, 1.165) is 5.56 Å². The largest absolute Gasteiger partial charge is 0.445 e. The molecule has 26 heavy (non-hydrogen) atoms. The van der Waals surface area contributed by atoms with E-state index in [2.05, 4.69) is 5.32 Å². The summed E-state index contributed by atoms with van der Waals surface area (Å²) in [6, 6.07) is 9.26. The van der Waals surface area contributed by atoms with E-state index in [0.29, 0.717) is 0 Å². The summed E-state index contributed by atoms with van der Waals surface area (Å²) in [5, 5.41) is 31.4. The van der Waals surface area contributed by atoms with Crippen LogP contribution in [-0.2, 0) is 20.8 Å². The van der Waals surface area contributed by atoms with Gasteiger partial charge in [0.2, 0.25) is 0 Å². The van der Waals surface area contributed by atoms with E-state index in [4.69, 9.17) is 14.2 Å². The van der Waals surface area contributed by atoms with Gasteiger partial charge in [-0.3, -0.25) is 0 Å². The number of rotatable bonds is 8. The Kier molecular flexibility index (Phi) is 7.36. The molecule has 1 saturated heterocycles. The molecule has 8 nitrogen and oxygen atoms in total. The molecular formula is C18H27NO7. The summed E-state index contributed by atoms with van der Waals surface area (Å²) in [6.45, 7) is 2.78. The number of carbonyl (C=O) groups excluding carboxylic acids is 1. The Hall–Kier alpha value is -1.71. The summed E-state index contributed by atoms with van der Waals surface area (Å²) < 4.78 is 16.5. The van der Waals surface area contributed by atoms with Crippen molar-refractivity contribution in [3.05, 3.63) is 35.9 Å². The number of ether oxygens (including phenoxy) is 3. The Labute approximate surface area is 152 Å². The molecule has 1 heterocycles. The molecule has 1 unspecified atom stereocenters. The molecule has 1 aromatic rings. The molecule has 0 radical (unpaired) electrons. The van der Waals surface area contributed by atoms with Crippen molar-refractivity contribution in [3.8, 4) is 0 Å². The van der Waals surface area contributed by atoms with Crippen LogP contribution >= 0.6 is 0 Å². The second kappa shape index (κ2) is 9.29. The molecule has 4 atom stereocenters. The third kappa shape index (κ3) is 5.65. The molecule has 0 aliphatic carbocycles. The van der Waals surface area contributed by atoms with Crippen molar-refractivity contribution >= 4 is 6.09 Å². The van der Waals surface area contributed by atoms with Crippen molar-refractivity contribution in [2.45, 2.75) is 44.6 Å². The molecule has 1 aromatic carbocycles. The van der Waals surface area contributed by atoms with Gasteiger partial charge in [-0.05, 0) is 19.4 Å². The summed E-state index contributed by atoms with van der Waals surface area (Å²) in [6.07, 6.45) is -3.27. The highest BCUT2D eigenvalue weighted by Gasteiger charge is 2.47. The molecule has 1 aliphatic rings. The smallest absolute Gasteiger partial charge is 0.407 e. The number of nitrogens with one attached hydrogen (secondary N) is 1. The van der Waals surface area contributed by atoms with Gasteiger partial charge in [-0.15, -0.1) is 0 Å². The lowest BCUT2D eigenvalue weighted by molar-refractivity contribution is -0.160. The fourth-order valence-corrected chi connectivity index (χ4v) is 2.86. The van der Waals surface area contributed by atoms with Gasteiger partial charge in [-0.1, -0.05) is 30.3 Å². The summed E-state index contributed by atoms with van der Waals surface area (Å²) in [5.41, 5.74) is 0.863. The minimum absolute atomic E-state index is 0.0723. The molecule has 4 N–H and O–H groups in total.